The van der Waals surface area contributed by atoms with Gasteiger partial charge in [0.05, 0.1) is 0 Å². The molecule has 1 N–H and O–H groups in total. The average Bonchev–Trinajstić information content (AvgIpc) is 2.49. The van der Waals surface area contributed by atoms with Crippen molar-refractivity contribution in [2.75, 3.05) is 11.9 Å². The standard InChI is InChI=1S/C17H16BrNO3/c1-11-7-14(18)8-12(2)17(11)19-16(21)10-22-15-5-3-13(9-20)4-6-15/h3-9H,10H2,1-2H3,(H,19,21). The second kappa shape index (κ2) is 7.22. The van der Waals surface area contributed by atoms with Crippen LogP contribution >= 0.6 is 15.9 Å². The smallest absolute Gasteiger partial charge is 0.262 e. The fourth-order valence-electron chi connectivity index (χ4n) is 2.07. The lowest BCUT2D eigenvalue weighted by atomic mass is 10.1. The van der Waals surface area contributed by atoms with Crippen LogP contribution in [0, 0.1) is 13.8 Å². The molecule has 2 rings (SSSR count). The molecule has 2 aromatic rings. The van der Waals surface area contributed by atoms with Gasteiger partial charge in [0.25, 0.3) is 5.91 Å². The Kier molecular flexibility index (Phi) is 5.33. The van der Waals surface area contributed by atoms with Crippen LogP contribution in [-0.4, -0.2) is 18.8 Å². The van der Waals surface area contributed by atoms with E-state index < -0.39 is 0 Å². The van der Waals surface area contributed by atoms with Crippen molar-refractivity contribution in [1.29, 1.82) is 0 Å². The summed E-state index contributed by atoms with van der Waals surface area (Å²) in [5.74, 6) is 0.318. The van der Waals surface area contributed by atoms with E-state index in [2.05, 4.69) is 21.2 Å². The number of amides is 1. The van der Waals surface area contributed by atoms with Crippen LogP contribution in [0.3, 0.4) is 0 Å². The maximum atomic E-state index is 12.0. The van der Waals surface area contributed by atoms with E-state index in [1.807, 2.05) is 26.0 Å². The van der Waals surface area contributed by atoms with Crippen molar-refractivity contribution in [2.24, 2.45) is 0 Å². The molecule has 5 heteroatoms. The van der Waals surface area contributed by atoms with Crippen LogP contribution in [0.2, 0.25) is 0 Å². The van der Waals surface area contributed by atoms with Crippen LogP contribution in [0.15, 0.2) is 40.9 Å². The molecule has 114 valence electrons. The summed E-state index contributed by atoms with van der Waals surface area (Å²) in [6.07, 6.45) is 0.760. The van der Waals surface area contributed by atoms with Gasteiger partial charge in [-0.15, -0.1) is 0 Å². The second-order valence-corrected chi connectivity index (χ2v) is 5.85. The Morgan fingerprint density at radius 1 is 1.18 bits per heavy atom. The molecular formula is C17H16BrNO3. The number of rotatable bonds is 5. The molecule has 4 nitrogen and oxygen atoms in total. The summed E-state index contributed by atoms with van der Waals surface area (Å²) in [6.45, 7) is 3.79. The zero-order chi connectivity index (χ0) is 16.1. The first-order valence-electron chi connectivity index (χ1n) is 6.74. The summed E-state index contributed by atoms with van der Waals surface area (Å²) < 4.78 is 6.38. The predicted molar refractivity (Wildman–Crippen MR) is 89.6 cm³/mol. The van der Waals surface area contributed by atoms with E-state index in [0.29, 0.717) is 11.3 Å². The number of aldehydes is 1. The number of nitrogens with one attached hydrogen (secondary N) is 1. The van der Waals surface area contributed by atoms with Crippen LogP contribution in [-0.2, 0) is 4.79 Å². The van der Waals surface area contributed by atoms with Crippen LogP contribution in [0.4, 0.5) is 5.69 Å². The van der Waals surface area contributed by atoms with Gasteiger partial charge in [0.2, 0.25) is 0 Å². The van der Waals surface area contributed by atoms with Gasteiger partial charge in [-0.1, -0.05) is 15.9 Å². The minimum atomic E-state index is -0.229. The Morgan fingerprint density at radius 2 is 1.77 bits per heavy atom. The SMILES string of the molecule is Cc1cc(Br)cc(C)c1NC(=O)COc1ccc(C=O)cc1. The van der Waals surface area contributed by atoms with Crippen molar-refractivity contribution in [3.63, 3.8) is 0 Å². The Balaban J connectivity index is 1.97. The first-order valence-corrected chi connectivity index (χ1v) is 7.53. The molecule has 22 heavy (non-hydrogen) atoms. The summed E-state index contributed by atoms with van der Waals surface area (Å²) in [7, 11) is 0. The van der Waals surface area contributed by atoms with Gasteiger partial charge < -0.3 is 10.1 Å². The highest BCUT2D eigenvalue weighted by atomic mass is 79.9. The summed E-state index contributed by atoms with van der Waals surface area (Å²) in [5.41, 5.74) is 3.33. The van der Waals surface area contributed by atoms with Crippen molar-refractivity contribution in [3.05, 3.63) is 57.6 Å². The molecule has 0 aromatic heterocycles. The van der Waals surface area contributed by atoms with Crippen LogP contribution in [0.1, 0.15) is 21.5 Å². The van der Waals surface area contributed by atoms with Gasteiger partial charge in [-0.2, -0.15) is 0 Å². The van der Waals surface area contributed by atoms with E-state index in [1.165, 1.54) is 0 Å². The third-order valence-electron chi connectivity index (χ3n) is 3.15. The molecule has 0 atom stereocenters. The highest BCUT2D eigenvalue weighted by molar-refractivity contribution is 9.10. The molecule has 0 spiro atoms. The van der Waals surface area contributed by atoms with E-state index in [9.17, 15) is 9.59 Å². The molecule has 0 unspecified atom stereocenters. The molecular weight excluding hydrogens is 346 g/mol. The third kappa shape index (κ3) is 4.18. The lowest BCUT2D eigenvalue weighted by molar-refractivity contribution is -0.118. The van der Waals surface area contributed by atoms with Crippen molar-refractivity contribution in [1.82, 2.24) is 0 Å². The molecule has 0 saturated heterocycles. The number of anilines is 1. The largest absolute Gasteiger partial charge is 0.484 e. The summed E-state index contributed by atoms with van der Waals surface area (Å²) in [6, 6.07) is 10.5. The summed E-state index contributed by atoms with van der Waals surface area (Å²) >= 11 is 3.42. The number of carbonyl (C=O) groups excluding carboxylic acids is 2. The van der Waals surface area contributed by atoms with Crippen LogP contribution in [0.25, 0.3) is 0 Å². The quantitative estimate of drug-likeness (QED) is 0.821. The van der Waals surface area contributed by atoms with Crippen molar-refractivity contribution in [3.8, 4) is 5.75 Å². The van der Waals surface area contributed by atoms with Gasteiger partial charge in [-0.3, -0.25) is 9.59 Å². The summed E-state index contributed by atoms with van der Waals surface area (Å²) in [5, 5.41) is 2.86. The topological polar surface area (TPSA) is 55.4 Å². The number of ether oxygens (including phenoxy) is 1. The molecule has 0 radical (unpaired) electrons. The fourth-order valence-corrected chi connectivity index (χ4v) is 2.76. The molecule has 0 heterocycles. The van der Waals surface area contributed by atoms with Gasteiger partial charge in [-0.25, -0.2) is 0 Å². The maximum absolute atomic E-state index is 12.0. The minimum Gasteiger partial charge on any atom is -0.484 e. The van der Waals surface area contributed by atoms with Crippen LogP contribution in [0.5, 0.6) is 5.75 Å². The molecule has 0 aliphatic carbocycles. The van der Waals surface area contributed by atoms with Gasteiger partial charge >= 0.3 is 0 Å². The number of aryl methyl sites for hydroxylation is 2. The molecule has 2 aromatic carbocycles. The number of benzene rings is 2. The molecule has 0 aliphatic heterocycles. The Morgan fingerprint density at radius 3 is 2.32 bits per heavy atom. The van der Waals surface area contributed by atoms with E-state index >= 15 is 0 Å². The Labute approximate surface area is 137 Å². The molecule has 0 aliphatic rings. The Bertz CT molecular complexity index is 673. The second-order valence-electron chi connectivity index (χ2n) is 4.94. The number of carbonyl (C=O) groups is 2. The van der Waals surface area contributed by atoms with E-state index in [-0.39, 0.29) is 12.5 Å². The first-order chi connectivity index (χ1) is 10.5. The number of halogens is 1. The highest BCUT2D eigenvalue weighted by Crippen LogP contribution is 2.25. The van der Waals surface area contributed by atoms with Gasteiger partial charge in [0, 0.05) is 15.7 Å². The molecule has 1 amide bonds. The van der Waals surface area contributed by atoms with Crippen molar-refractivity contribution < 1.29 is 14.3 Å². The first kappa shape index (κ1) is 16.2. The van der Waals surface area contributed by atoms with Gasteiger partial charge in [-0.05, 0) is 61.4 Å². The maximum Gasteiger partial charge on any atom is 0.262 e. The third-order valence-corrected chi connectivity index (χ3v) is 3.61. The van der Waals surface area contributed by atoms with Gasteiger partial charge in [0.1, 0.15) is 12.0 Å². The molecule has 0 saturated carbocycles. The van der Waals surface area contributed by atoms with Crippen LogP contribution < -0.4 is 10.1 Å². The van der Waals surface area contributed by atoms with E-state index in [0.717, 1.165) is 27.6 Å². The normalized spacial score (nSPS) is 10.1. The predicted octanol–water partition coefficient (Wildman–Crippen LogP) is 3.90. The molecule has 0 bridgehead atoms. The monoisotopic (exact) mass is 361 g/mol. The average molecular weight is 362 g/mol. The lowest BCUT2D eigenvalue weighted by Crippen LogP contribution is -2.21. The zero-order valence-electron chi connectivity index (χ0n) is 12.4. The minimum absolute atomic E-state index is 0.0879. The molecule has 0 fully saturated rings. The highest BCUT2D eigenvalue weighted by Gasteiger charge is 2.09. The van der Waals surface area contributed by atoms with Crippen molar-refractivity contribution >= 4 is 33.8 Å². The lowest BCUT2D eigenvalue weighted by Gasteiger charge is -2.13. The van der Waals surface area contributed by atoms with E-state index in [1.54, 1.807) is 24.3 Å². The number of hydrogen-bond acceptors (Lipinski definition) is 3. The fraction of sp³-hybridized carbons (Fsp3) is 0.176. The van der Waals surface area contributed by atoms with Crippen molar-refractivity contribution in [2.45, 2.75) is 13.8 Å². The number of hydrogen-bond donors (Lipinski definition) is 1. The van der Waals surface area contributed by atoms with Gasteiger partial charge in [0.15, 0.2) is 6.61 Å². The Hall–Kier alpha value is -2.14. The van der Waals surface area contributed by atoms with E-state index in [4.69, 9.17) is 4.74 Å². The zero-order valence-corrected chi connectivity index (χ0v) is 13.9. The summed E-state index contributed by atoms with van der Waals surface area (Å²) in [4.78, 5) is 22.6.